The van der Waals surface area contributed by atoms with Crippen LogP contribution in [0.1, 0.15) is 22.3 Å². The van der Waals surface area contributed by atoms with E-state index in [4.69, 9.17) is 0 Å². The van der Waals surface area contributed by atoms with Crippen LogP contribution in [0.25, 0.3) is 0 Å². The van der Waals surface area contributed by atoms with Crippen molar-refractivity contribution in [3.8, 4) is 0 Å². The summed E-state index contributed by atoms with van der Waals surface area (Å²) in [6, 6.07) is 11.3. The van der Waals surface area contributed by atoms with Gasteiger partial charge in [0, 0.05) is 26.8 Å². The van der Waals surface area contributed by atoms with Gasteiger partial charge in [0.25, 0.3) is 5.91 Å². The molecule has 2 rings (SSSR count). The van der Waals surface area contributed by atoms with Crippen LogP contribution in [0.3, 0.4) is 0 Å². The van der Waals surface area contributed by atoms with Gasteiger partial charge in [-0.2, -0.15) is 9.41 Å². The van der Waals surface area contributed by atoms with Gasteiger partial charge in [-0.3, -0.25) is 4.79 Å². The van der Waals surface area contributed by atoms with E-state index < -0.39 is 15.9 Å². The summed E-state index contributed by atoms with van der Waals surface area (Å²) < 4.78 is 26.8. The van der Waals surface area contributed by atoms with Crippen LogP contribution in [0, 0.1) is 20.8 Å². The van der Waals surface area contributed by atoms with Crippen molar-refractivity contribution < 1.29 is 13.2 Å². The van der Waals surface area contributed by atoms with Gasteiger partial charge in [0.05, 0.1) is 17.7 Å². The Kier molecular flexibility index (Phi) is 7.16. The number of carbonyl (C=O) groups excluding carboxylic acids is 1. The van der Waals surface area contributed by atoms with Gasteiger partial charge in [0.1, 0.15) is 0 Å². The van der Waals surface area contributed by atoms with Gasteiger partial charge >= 0.3 is 0 Å². The largest absolute Gasteiger partial charge is 0.378 e. The molecule has 0 aliphatic rings. The molecule has 0 saturated heterocycles. The number of nitrogens with one attached hydrogen (secondary N) is 1. The zero-order chi connectivity index (χ0) is 21.8. The van der Waals surface area contributed by atoms with E-state index >= 15 is 0 Å². The third-order valence-electron chi connectivity index (χ3n) is 4.45. The molecule has 156 valence electrons. The van der Waals surface area contributed by atoms with E-state index in [9.17, 15) is 13.2 Å². The van der Waals surface area contributed by atoms with E-state index in [-0.39, 0.29) is 11.4 Å². The average Bonchev–Trinajstić information content (AvgIpc) is 2.60. The van der Waals surface area contributed by atoms with Crippen molar-refractivity contribution in [2.45, 2.75) is 25.7 Å². The first kappa shape index (κ1) is 22.6. The minimum Gasteiger partial charge on any atom is -0.378 e. The molecule has 0 atom stereocenters. The smallest absolute Gasteiger partial charge is 0.255 e. The molecule has 0 spiro atoms. The predicted octanol–water partition coefficient (Wildman–Crippen LogP) is 2.45. The average molecular weight is 417 g/mol. The second-order valence-electron chi connectivity index (χ2n) is 7.27. The number of rotatable bonds is 7. The number of amides is 1. The summed E-state index contributed by atoms with van der Waals surface area (Å²) >= 11 is 0. The second kappa shape index (κ2) is 9.19. The van der Waals surface area contributed by atoms with Gasteiger partial charge in [-0.1, -0.05) is 29.8 Å². The lowest BCUT2D eigenvalue weighted by molar-refractivity contribution is -0.121. The fraction of sp³-hybridized carbons (Fsp3) is 0.333. The van der Waals surface area contributed by atoms with Crippen molar-refractivity contribution in [1.82, 2.24) is 9.73 Å². The van der Waals surface area contributed by atoms with Gasteiger partial charge in [0.2, 0.25) is 10.0 Å². The number of benzene rings is 2. The molecule has 0 radical (unpaired) electrons. The van der Waals surface area contributed by atoms with Crippen LogP contribution in [0.2, 0.25) is 0 Å². The zero-order valence-corrected chi connectivity index (χ0v) is 18.5. The molecule has 0 aromatic heterocycles. The molecule has 8 heteroatoms. The van der Waals surface area contributed by atoms with Crippen LogP contribution in [0.5, 0.6) is 0 Å². The van der Waals surface area contributed by atoms with Gasteiger partial charge in [-0.05, 0) is 49.6 Å². The number of carbonyl (C=O) groups is 1. The molecule has 29 heavy (non-hydrogen) atoms. The molecule has 1 amide bonds. The number of aryl methyl sites for hydroxylation is 3. The van der Waals surface area contributed by atoms with E-state index in [2.05, 4.69) is 10.5 Å². The van der Waals surface area contributed by atoms with Crippen molar-refractivity contribution in [2.75, 3.05) is 32.6 Å². The minimum absolute atomic E-state index is 0.239. The van der Waals surface area contributed by atoms with Gasteiger partial charge in [-0.25, -0.2) is 13.8 Å². The number of anilines is 1. The van der Waals surface area contributed by atoms with E-state index in [0.29, 0.717) is 11.1 Å². The summed E-state index contributed by atoms with van der Waals surface area (Å²) in [5.74, 6) is -0.514. The second-order valence-corrected chi connectivity index (χ2v) is 9.25. The van der Waals surface area contributed by atoms with Crippen LogP contribution in [0.4, 0.5) is 5.69 Å². The Morgan fingerprint density at radius 2 is 1.59 bits per heavy atom. The molecule has 0 unspecified atom stereocenters. The fourth-order valence-corrected chi connectivity index (χ4v) is 4.62. The maximum absolute atomic E-state index is 12.9. The lowest BCUT2D eigenvalue weighted by atomic mass is 10.1. The quantitative estimate of drug-likeness (QED) is 0.555. The summed E-state index contributed by atoms with van der Waals surface area (Å²) in [6.45, 7) is 5.10. The Morgan fingerprint density at radius 3 is 2.10 bits per heavy atom. The molecule has 0 heterocycles. The number of hydrogen-bond acceptors (Lipinski definition) is 5. The molecule has 0 aliphatic carbocycles. The van der Waals surface area contributed by atoms with Crippen molar-refractivity contribution in [3.05, 3.63) is 58.7 Å². The first-order valence-electron chi connectivity index (χ1n) is 9.16. The van der Waals surface area contributed by atoms with E-state index in [0.717, 1.165) is 21.1 Å². The van der Waals surface area contributed by atoms with Crippen molar-refractivity contribution >= 4 is 27.8 Å². The third kappa shape index (κ3) is 5.65. The topological polar surface area (TPSA) is 82.1 Å². The maximum Gasteiger partial charge on any atom is 0.255 e. The molecular formula is C21H28N4O3S. The van der Waals surface area contributed by atoms with E-state index in [1.165, 1.54) is 13.3 Å². The highest BCUT2D eigenvalue weighted by molar-refractivity contribution is 7.89. The number of nitrogens with zero attached hydrogens (tertiary/aromatic N) is 3. The Morgan fingerprint density at radius 1 is 1.03 bits per heavy atom. The molecule has 0 saturated carbocycles. The van der Waals surface area contributed by atoms with Crippen LogP contribution in [-0.4, -0.2) is 52.5 Å². The van der Waals surface area contributed by atoms with E-state index in [1.54, 1.807) is 13.8 Å². The highest BCUT2D eigenvalue weighted by Gasteiger charge is 2.26. The highest BCUT2D eigenvalue weighted by atomic mass is 32.2. The molecule has 0 aliphatic heterocycles. The van der Waals surface area contributed by atoms with Gasteiger partial charge < -0.3 is 4.90 Å². The van der Waals surface area contributed by atoms with E-state index in [1.807, 2.05) is 62.3 Å². The Labute approximate surface area is 173 Å². The van der Waals surface area contributed by atoms with Crippen LogP contribution in [-0.2, 0) is 14.8 Å². The van der Waals surface area contributed by atoms with Gasteiger partial charge in [-0.15, -0.1) is 0 Å². The van der Waals surface area contributed by atoms with Crippen LogP contribution in [0.15, 0.2) is 46.4 Å². The molecule has 2 aromatic rings. The number of hydrogen-bond donors (Lipinski definition) is 1. The first-order chi connectivity index (χ1) is 13.5. The normalized spacial score (nSPS) is 11.8. The Bertz CT molecular complexity index is 990. The predicted molar refractivity (Wildman–Crippen MR) is 117 cm³/mol. The standard InChI is InChI=1S/C21H28N4O3S/c1-15-11-16(2)21(17(3)12-15)29(27,28)25(6)14-20(26)23-22-13-18-7-9-19(10-8-18)24(4)5/h7-13H,14H2,1-6H3,(H,23,26)/b22-13-. The summed E-state index contributed by atoms with van der Waals surface area (Å²) in [5.41, 5.74) is 6.57. The summed E-state index contributed by atoms with van der Waals surface area (Å²) in [4.78, 5) is 14.4. The SMILES string of the molecule is Cc1cc(C)c(S(=O)(=O)N(C)CC(=O)N/N=C\c2ccc(N(C)C)cc2)c(C)c1. The lowest BCUT2D eigenvalue weighted by Gasteiger charge is -2.19. The van der Waals surface area contributed by atoms with Crippen molar-refractivity contribution in [2.24, 2.45) is 5.10 Å². The number of sulfonamides is 1. The summed E-state index contributed by atoms with van der Waals surface area (Å²) in [7, 11) is 1.50. The van der Waals surface area contributed by atoms with Crippen molar-refractivity contribution in [3.63, 3.8) is 0 Å². The Balaban J connectivity index is 2.03. The van der Waals surface area contributed by atoms with Crippen LogP contribution >= 0.6 is 0 Å². The zero-order valence-electron chi connectivity index (χ0n) is 17.7. The molecule has 7 nitrogen and oxygen atoms in total. The maximum atomic E-state index is 12.9. The van der Waals surface area contributed by atoms with Crippen molar-refractivity contribution in [1.29, 1.82) is 0 Å². The molecule has 0 bridgehead atoms. The molecule has 1 N–H and O–H groups in total. The van der Waals surface area contributed by atoms with Gasteiger partial charge in [0.15, 0.2) is 0 Å². The lowest BCUT2D eigenvalue weighted by Crippen LogP contribution is -2.37. The van der Waals surface area contributed by atoms with Crippen LogP contribution < -0.4 is 10.3 Å². The Hall–Kier alpha value is -2.71. The summed E-state index contributed by atoms with van der Waals surface area (Å²) in [6.07, 6.45) is 1.51. The summed E-state index contributed by atoms with van der Waals surface area (Å²) in [5, 5.41) is 3.91. The first-order valence-corrected chi connectivity index (χ1v) is 10.6. The third-order valence-corrected chi connectivity index (χ3v) is 6.56. The minimum atomic E-state index is -3.79. The molecule has 0 fully saturated rings. The number of likely N-dealkylation sites (N-methyl/N-ethyl adjacent to an activating group) is 1. The highest BCUT2D eigenvalue weighted by Crippen LogP contribution is 2.24. The molecule has 2 aromatic carbocycles. The fourth-order valence-electron chi connectivity index (χ4n) is 3.09. The number of hydrazone groups is 1. The monoisotopic (exact) mass is 416 g/mol. The molecular weight excluding hydrogens is 388 g/mol.